The number of esters is 1. The van der Waals surface area contributed by atoms with E-state index in [-0.39, 0.29) is 18.5 Å². The number of aliphatic hydroxyl groups excluding tert-OH is 2. The lowest BCUT2D eigenvalue weighted by Crippen LogP contribution is -2.45. The van der Waals surface area contributed by atoms with Crippen LogP contribution < -0.4 is 5.32 Å². The summed E-state index contributed by atoms with van der Waals surface area (Å²) < 4.78 is 5.48. The molecule has 0 aromatic heterocycles. The molecule has 1 amide bonds. The van der Waals surface area contributed by atoms with Gasteiger partial charge in [0.1, 0.15) is 0 Å². The first kappa shape index (κ1) is 63.3. The quantitative estimate of drug-likeness (QED) is 0.0321. The van der Waals surface area contributed by atoms with E-state index in [4.69, 9.17) is 4.74 Å². The summed E-state index contributed by atoms with van der Waals surface area (Å²) in [5.41, 5.74) is 0. The number of rotatable bonds is 54. The van der Waals surface area contributed by atoms with E-state index < -0.39 is 12.1 Å². The molecule has 0 saturated heterocycles. The Bertz CT molecular complexity index is 1010. The molecule has 0 aliphatic heterocycles. The molecule has 0 radical (unpaired) electrons. The van der Waals surface area contributed by atoms with Crippen LogP contribution in [-0.2, 0) is 14.3 Å². The molecular formula is C59H113NO5. The van der Waals surface area contributed by atoms with Crippen molar-refractivity contribution in [1.29, 1.82) is 0 Å². The van der Waals surface area contributed by atoms with E-state index >= 15 is 0 Å². The van der Waals surface area contributed by atoms with Crippen molar-refractivity contribution >= 4 is 11.9 Å². The first-order valence-electron chi connectivity index (χ1n) is 29.1. The monoisotopic (exact) mass is 916 g/mol. The molecule has 0 aliphatic carbocycles. The predicted molar refractivity (Wildman–Crippen MR) is 283 cm³/mol. The standard InChI is InChI=1S/C59H113NO5/c1-3-5-7-9-11-13-15-17-19-20-25-29-33-37-41-45-49-53-59(64)65-54-50-46-42-38-34-30-26-22-21-24-28-32-36-40-44-48-52-58(63)60-56(55-61)57(62)51-47-43-39-35-31-27-23-18-16-14-12-10-8-6-4-2/h21,24,47,51,56-57,61-62H,3-20,22-23,25-46,48-50,52-55H2,1-2H3,(H,60,63)/b24-21-,51-47+. The minimum atomic E-state index is -0.854. The summed E-state index contributed by atoms with van der Waals surface area (Å²) in [6.07, 6.45) is 66.2. The van der Waals surface area contributed by atoms with Crippen LogP contribution in [0.2, 0.25) is 0 Å². The number of carbonyl (C=O) groups excluding carboxylic acids is 2. The van der Waals surface area contributed by atoms with Crippen LogP contribution in [-0.4, -0.2) is 47.4 Å². The zero-order valence-corrected chi connectivity index (χ0v) is 43.7. The van der Waals surface area contributed by atoms with E-state index in [0.717, 1.165) is 64.2 Å². The minimum absolute atomic E-state index is 0.000213. The van der Waals surface area contributed by atoms with Crippen molar-refractivity contribution in [1.82, 2.24) is 5.32 Å². The van der Waals surface area contributed by atoms with Crippen LogP contribution in [0.4, 0.5) is 0 Å². The van der Waals surface area contributed by atoms with Crippen LogP contribution in [0.3, 0.4) is 0 Å². The van der Waals surface area contributed by atoms with Gasteiger partial charge in [-0.25, -0.2) is 0 Å². The summed E-state index contributed by atoms with van der Waals surface area (Å²) >= 11 is 0. The predicted octanol–water partition coefficient (Wildman–Crippen LogP) is 17.9. The number of amides is 1. The Morgan fingerprint density at radius 1 is 0.415 bits per heavy atom. The number of allylic oxidation sites excluding steroid dienone is 3. The fourth-order valence-electron chi connectivity index (χ4n) is 8.98. The maximum Gasteiger partial charge on any atom is 0.305 e. The van der Waals surface area contributed by atoms with Gasteiger partial charge >= 0.3 is 5.97 Å². The summed E-state index contributed by atoms with van der Waals surface area (Å²) in [4.78, 5) is 24.5. The lowest BCUT2D eigenvalue weighted by molar-refractivity contribution is -0.143. The van der Waals surface area contributed by atoms with Crippen molar-refractivity contribution in [2.45, 2.75) is 328 Å². The normalized spacial score (nSPS) is 12.7. The average molecular weight is 917 g/mol. The van der Waals surface area contributed by atoms with Gasteiger partial charge in [-0.1, -0.05) is 269 Å². The molecule has 65 heavy (non-hydrogen) atoms. The topological polar surface area (TPSA) is 95.9 Å². The van der Waals surface area contributed by atoms with Crippen molar-refractivity contribution in [3.8, 4) is 0 Å². The first-order valence-corrected chi connectivity index (χ1v) is 29.1. The van der Waals surface area contributed by atoms with Crippen molar-refractivity contribution in [2.24, 2.45) is 0 Å². The highest BCUT2D eigenvalue weighted by atomic mass is 16.5. The maximum absolute atomic E-state index is 12.4. The summed E-state index contributed by atoms with van der Waals surface area (Å²) in [6, 6.07) is -0.639. The molecule has 6 nitrogen and oxygen atoms in total. The first-order chi connectivity index (χ1) is 32.0. The highest BCUT2D eigenvalue weighted by Crippen LogP contribution is 2.17. The van der Waals surface area contributed by atoms with Crippen LogP contribution in [0.1, 0.15) is 316 Å². The Balaban J connectivity index is 3.47. The van der Waals surface area contributed by atoms with E-state index in [1.807, 2.05) is 6.08 Å². The van der Waals surface area contributed by atoms with Gasteiger partial charge in [-0.15, -0.1) is 0 Å². The highest BCUT2D eigenvalue weighted by molar-refractivity contribution is 5.76. The number of aliphatic hydroxyl groups is 2. The SMILES string of the molecule is CCCCCCCCCCCCCCC/C=C/C(O)C(CO)NC(=O)CCCCCCC/C=C\CCCCCCCCCOC(=O)CCCCCCCCCCCCCCCCCCC. The van der Waals surface area contributed by atoms with E-state index in [2.05, 4.69) is 31.3 Å². The number of hydrogen-bond donors (Lipinski definition) is 3. The van der Waals surface area contributed by atoms with Gasteiger partial charge in [0.25, 0.3) is 0 Å². The van der Waals surface area contributed by atoms with Crippen LogP contribution in [0.5, 0.6) is 0 Å². The lowest BCUT2D eigenvalue weighted by Gasteiger charge is -2.20. The third-order valence-corrected chi connectivity index (χ3v) is 13.5. The van der Waals surface area contributed by atoms with Crippen molar-refractivity contribution in [3.05, 3.63) is 24.3 Å². The molecule has 6 heteroatoms. The van der Waals surface area contributed by atoms with Crippen LogP contribution >= 0.6 is 0 Å². The van der Waals surface area contributed by atoms with E-state index in [1.165, 1.54) is 225 Å². The van der Waals surface area contributed by atoms with Crippen LogP contribution in [0.25, 0.3) is 0 Å². The molecular weight excluding hydrogens is 803 g/mol. The lowest BCUT2D eigenvalue weighted by atomic mass is 10.0. The highest BCUT2D eigenvalue weighted by Gasteiger charge is 2.18. The third-order valence-electron chi connectivity index (χ3n) is 13.5. The molecule has 0 bridgehead atoms. The van der Waals surface area contributed by atoms with Gasteiger partial charge in [0.05, 0.1) is 25.4 Å². The zero-order valence-electron chi connectivity index (χ0n) is 43.7. The molecule has 0 aromatic carbocycles. The Kier molecular flexibility index (Phi) is 53.5. The molecule has 0 spiro atoms. The van der Waals surface area contributed by atoms with Gasteiger partial charge < -0.3 is 20.3 Å². The molecule has 0 rings (SSSR count). The molecule has 0 aliphatic rings. The summed E-state index contributed by atoms with van der Waals surface area (Å²) in [5.74, 6) is -0.0836. The molecule has 384 valence electrons. The van der Waals surface area contributed by atoms with Crippen LogP contribution in [0, 0.1) is 0 Å². The Hall–Kier alpha value is -1.66. The van der Waals surface area contributed by atoms with Gasteiger partial charge in [0, 0.05) is 12.8 Å². The van der Waals surface area contributed by atoms with Crippen molar-refractivity contribution in [2.75, 3.05) is 13.2 Å². The Labute approximate surface area is 405 Å². The molecule has 0 fully saturated rings. The van der Waals surface area contributed by atoms with Crippen molar-refractivity contribution in [3.63, 3.8) is 0 Å². The number of unbranched alkanes of at least 4 members (excludes halogenated alkanes) is 41. The number of nitrogens with one attached hydrogen (secondary N) is 1. The van der Waals surface area contributed by atoms with Crippen molar-refractivity contribution < 1.29 is 24.5 Å². The second-order valence-electron chi connectivity index (χ2n) is 20.0. The second kappa shape index (κ2) is 54.9. The van der Waals surface area contributed by atoms with E-state index in [1.54, 1.807) is 6.08 Å². The van der Waals surface area contributed by atoms with Gasteiger partial charge in [0.2, 0.25) is 5.91 Å². The largest absolute Gasteiger partial charge is 0.466 e. The van der Waals surface area contributed by atoms with Gasteiger partial charge in [-0.05, 0) is 57.8 Å². The average Bonchev–Trinajstić information content (AvgIpc) is 3.31. The molecule has 2 unspecified atom stereocenters. The summed E-state index contributed by atoms with van der Waals surface area (Å²) in [5, 5.41) is 23.1. The van der Waals surface area contributed by atoms with Gasteiger partial charge in [-0.2, -0.15) is 0 Å². The number of carbonyl (C=O) groups is 2. The Morgan fingerprint density at radius 2 is 0.723 bits per heavy atom. The van der Waals surface area contributed by atoms with E-state index in [9.17, 15) is 19.8 Å². The second-order valence-corrected chi connectivity index (χ2v) is 20.0. The number of ether oxygens (including phenoxy) is 1. The van der Waals surface area contributed by atoms with E-state index in [0.29, 0.717) is 19.4 Å². The zero-order chi connectivity index (χ0) is 47.2. The number of hydrogen-bond acceptors (Lipinski definition) is 5. The molecule has 0 heterocycles. The maximum atomic E-state index is 12.4. The Morgan fingerprint density at radius 3 is 1.09 bits per heavy atom. The fourth-order valence-corrected chi connectivity index (χ4v) is 8.98. The molecule has 2 atom stereocenters. The summed E-state index contributed by atoms with van der Waals surface area (Å²) in [7, 11) is 0. The van der Waals surface area contributed by atoms with Gasteiger partial charge in [-0.3, -0.25) is 9.59 Å². The minimum Gasteiger partial charge on any atom is -0.466 e. The van der Waals surface area contributed by atoms with Gasteiger partial charge in [0.15, 0.2) is 0 Å². The molecule has 0 saturated carbocycles. The fraction of sp³-hybridized carbons (Fsp3) is 0.898. The summed E-state index contributed by atoms with van der Waals surface area (Å²) in [6.45, 7) is 4.90. The molecule has 0 aromatic rings. The molecule has 3 N–H and O–H groups in total. The van der Waals surface area contributed by atoms with Crippen LogP contribution in [0.15, 0.2) is 24.3 Å². The third kappa shape index (κ3) is 51.6. The smallest absolute Gasteiger partial charge is 0.305 e.